The normalized spacial score (nSPS) is 11.7. The summed E-state index contributed by atoms with van der Waals surface area (Å²) in [5, 5.41) is 0. The maximum absolute atomic E-state index is 12.6. The lowest BCUT2D eigenvalue weighted by atomic mass is 10.2. The van der Waals surface area contributed by atoms with Crippen molar-refractivity contribution in [2.24, 2.45) is 0 Å². The highest BCUT2D eigenvalue weighted by Gasteiger charge is 2.26. The highest BCUT2D eigenvalue weighted by atomic mass is 32.2. The maximum atomic E-state index is 12.6. The molecule has 7 heteroatoms. The number of nitrogen functional groups attached to an aromatic ring is 1. The van der Waals surface area contributed by atoms with E-state index in [0.717, 1.165) is 19.3 Å². The van der Waals surface area contributed by atoms with Crippen molar-refractivity contribution in [1.29, 1.82) is 0 Å². The zero-order valence-electron chi connectivity index (χ0n) is 13.0. The van der Waals surface area contributed by atoms with Crippen LogP contribution in [-0.2, 0) is 10.0 Å². The van der Waals surface area contributed by atoms with E-state index < -0.39 is 10.0 Å². The van der Waals surface area contributed by atoms with Gasteiger partial charge in [0, 0.05) is 19.7 Å². The highest BCUT2D eigenvalue weighted by molar-refractivity contribution is 7.89. The van der Waals surface area contributed by atoms with E-state index in [-0.39, 0.29) is 16.3 Å². The molecule has 1 aromatic carbocycles. The Morgan fingerprint density at radius 2 is 1.76 bits per heavy atom. The number of hydrogen-bond donors (Lipinski definition) is 1. The van der Waals surface area contributed by atoms with Crippen LogP contribution in [-0.4, -0.2) is 40.5 Å². The van der Waals surface area contributed by atoms with Gasteiger partial charge in [-0.2, -0.15) is 0 Å². The number of unbranched alkanes of at least 4 members (excludes halogenated alkanes) is 2. The Kier molecular flexibility index (Phi) is 6.29. The van der Waals surface area contributed by atoms with Gasteiger partial charge in [-0.05, 0) is 12.5 Å². The van der Waals surface area contributed by atoms with Gasteiger partial charge in [0.05, 0.1) is 19.9 Å². The minimum absolute atomic E-state index is 0.0577. The van der Waals surface area contributed by atoms with Gasteiger partial charge in [-0.15, -0.1) is 0 Å². The monoisotopic (exact) mass is 316 g/mol. The van der Waals surface area contributed by atoms with Crippen LogP contribution >= 0.6 is 0 Å². The lowest BCUT2D eigenvalue weighted by Crippen LogP contribution is -2.28. The highest BCUT2D eigenvalue weighted by Crippen LogP contribution is 2.35. The summed E-state index contributed by atoms with van der Waals surface area (Å²) in [5.74, 6) is 0.614. The number of nitrogens with two attached hydrogens (primary N) is 1. The first-order chi connectivity index (χ1) is 9.88. The molecule has 0 bridgehead atoms. The topological polar surface area (TPSA) is 81.9 Å². The number of sulfonamides is 1. The van der Waals surface area contributed by atoms with Crippen LogP contribution in [0, 0.1) is 0 Å². The first kappa shape index (κ1) is 17.6. The summed E-state index contributed by atoms with van der Waals surface area (Å²) in [4.78, 5) is 0.0577. The molecular formula is C14H24N2O4S. The molecule has 2 N–H and O–H groups in total. The van der Waals surface area contributed by atoms with E-state index in [1.165, 1.54) is 30.7 Å². The molecule has 0 saturated carbocycles. The number of methoxy groups -OCH3 is 2. The van der Waals surface area contributed by atoms with E-state index in [1.54, 1.807) is 7.05 Å². The summed E-state index contributed by atoms with van der Waals surface area (Å²) < 4.78 is 36.8. The van der Waals surface area contributed by atoms with E-state index in [0.29, 0.717) is 12.3 Å². The predicted octanol–water partition coefficient (Wildman–Crippen LogP) is 2.10. The lowest BCUT2D eigenvalue weighted by Gasteiger charge is -2.19. The Morgan fingerprint density at radius 1 is 1.14 bits per heavy atom. The van der Waals surface area contributed by atoms with Crippen LogP contribution in [0.15, 0.2) is 17.0 Å². The van der Waals surface area contributed by atoms with Crippen molar-refractivity contribution < 1.29 is 17.9 Å². The summed E-state index contributed by atoms with van der Waals surface area (Å²) >= 11 is 0. The van der Waals surface area contributed by atoms with Gasteiger partial charge < -0.3 is 15.2 Å². The zero-order chi connectivity index (χ0) is 16.0. The Labute approximate surface area is 126 Å². The summed E-state index contributed by atoms with van der Waals surface area (Å²) in [6, 6.07) is 2.87. The van der Waals surface area contributed by atoms with Crippen LogP contribution in [0.3, 0.4) is 0 Å². The van der Waals surface area contributed by atoms with Crippen LogP contribution in [0.2, 0.25) is 0 Å². The number of nitrogens with zero attached hydrogens (tertiary/aromatic N) is 1. The van der Waals surface area contributed by atoms with Crippen molar-refractivity contribution in [3.05, 3.63) is 12.1 Å². The molecular weight excluding hydrogens is 292 g/mol. The van der Waals surface area contributed by atoms with E-state index in [9.17, 15) is 8.42 Å². The Balaban J connectivity index is 3.15. The Hall–Kier alpha value is -1.47. The minimum Gasteiger partial charge on any atom is -0.495 e. The second-order valence-corrected chi connectivity index (χ2v) is 6.79. The lowest BCUT2D eigenvalue weighted by molar-refractivity contribution is 0.384. The second kappa shape index (κ2) is 7.51. The van der Waals surface area contributed by atoms with Gasteiger partial charge >= 0.3 is 0 Å². The molecule has 0 aliphatic rings. The third-order valence-electron chi connectivity index (χ3n) is 3.28. The van der Waals surface area contributed by atoms with Gasteiger partial charge in [-0.1, -0.05) is 19.8 Å². The van der Waals surface area contributed by atoms with E-state index in [2.05, 4.69) is 6.92 Å². The number of ether oxygens (including phenoxy) is 2. The molecule has 21 heavy (non-hydrogen) atoms. The summed E-state index contributed by atoms with van der Waals surface area (Å²) in [6.07, 6.45) is 2.84. The quantitative estimate of drug-likeness (QED) is 0.586. The molecule has 0 aromatic heterocycles. The average Bonchev–Trinajstić information content (AvgIpc) is 2.46. The van der Waals surface area contributed by atoms with Gasteiger partial charge in [0.1, 0.15) is 16.4 Å². The summed E-state index contributed by atoms with van der Waals surface area (Å²) in [5.41, 5.74) is 6.07. The predicted molar refractivity (Wildman–Crippen MR) is 83.3 cm³/mol. The van der Waals surface area contributed by atoms with E-state index in [4.69, 9.17) is 15.2 Å². The SMILES string of the molecule is CCCCCN(C)S(=O)(=O)c1cc(N)c(OC)cc1OC. The first-order valence-electron chi connectivity index (χ1n) is 6.86. The molecule has 0 heterocycles. The molecule has 0 aliphatic carbocycles. The largest absolute Gasteiger partial charge is 0.495 e. The number of benzene rings is 1. The van der Waals surface area contributed by atoms with E-state index >= 15 is 0 Å². The van der Waals surface area contributed by atoms with Gasteiger partial charge in [-0.25, -0.2) is 12.7 Å². The molecule has 1 rings (SSSR count). The second-order valence-electron chi connectivity index (χ2n) is 4.78. The molecule has 0 fully saturated rings. The van der Waals surface area contributed by atoms with Crippen LogP contribution in [0.4, 0.5) is 5.69 Å². The van der Waals surface area contributed by atoms with Gasteiger partial charge in [0.2, 0.25) is 10.0 Å². The van der Waals surface area contributed by atoms with Gasteiger partial charge in [0.25, 0.3) is 0 Å². The molecule has 0 saturated heterocycles. The molecule has 0 radical (unpaired) electrons. The molecule has 0 atom stereocenters. The smallest absolute Gasteiger partial charge is 0.246 e. The van der Waals surface area contributed by atoms with Crippen molar-refractivity contribution >= 4 is 15.7 Å². The van der Waals surface area contributed by atoms with Gasteiger partial charge in [-0.3, -0.25) is 0 Å². The molecule has 0 aliphatic heterocycles. The fraction of sp³-hybridized carbons (Fsp3) is 0.571. The molecule has 1 aromatic rings. The molecule has 6 nitrogen and oxygen atoms in total. The van der Waals surface area contributed by atoms with Crippen molar-refractivity contribution in [2.75, 3.05) is 33.5 Å². The minimum atomic E-state index is -3.64. The third kappa shape index (κ3) is 4.01. The standard InChI is InChI=1S/C14H24N2O4S/c1-5-6-7-8-16(2)21(17,18)14-9-11(15)12(19-3)10-13(14)20-4/h9-10H,5-8,15H2,1-4H3. The third-order valence-corrected chi connectivity index (χ3v) is 5.16. The summed E-state index contributed by atoms with van der Waals surface area (Å²) in [7, 11) is 0.810. The van der Waals surface area contributed by atoms with Crippen LogP contribution in [0.25, 0.3) is 0 Å². The van der Waals surface area contributed by atoms with Crippen LogP contribution < -0.4 is 15.2 Å². The molecule has 120 valence electrons. The number of hydrogen-bond acceptors (Lipinski definition) is 5. The molecule has 0 unspecified atom stereocenters. The van der Waals surface area contributed by atoms with Crippen LogP contribution in [0.1, 0.15) is 26.2 Å². The fourth-order valence-electron chi connectivity index (χ4n) is 1.97. The maximum Gasteiger partial charge on any atom is 0.246 e. The zero-order valence-corrected chi connectivity index (χ0v) is 13.9. The summed E-state index contributed by atoms with van der Waals surface area (Å²) in [6.45, 7) is 2.53. The van der Waals surface area contributed by atoms with Crippen molar-refractivity contribution in [1.82, 2.24) is 4.31 Å². The Morgan fingerprint density at radius 3 is 2.29 bits per heavy atom. The Bertz CT molecular complexity index is 573. The molecule has 0 spiro atoms. The van der Waals surface area contributed by atoms with Crippen molar-refractivity contribution in [3.8, 4) is 11.5 Å². The van der Waals surface area contributed by atoms with Gasteiger partial charge in [0.15, 0.2) is 0 Å². The van der Waals surface area contributed by atoms with Crippen molar-refractivity contribution in [2.45, 2.75) is 31.1 Å². The number of anilines is 1. The van der Waals surface area contributed by atoms with E-state index in [1.807, 2.05) is 0 Å². The number of rotatable bonds is 8. The molecule has 0 amide bonds. The van der Waals surface area contributed by atoms with Crippen molar-refractivity contribution in [3.63, 3.8) is 0 Å². The average molecular weight is 316 g/mol. The fourth-order valence-corrected chi connectivity index (χ4v) is 3.35. The first-order valence-corrected chi connectivity index (χ1v) is 8.30. The van der Waals surface area contributed by atoms with Crippen LogP contribution in [0.5, 0.6) is 11.5 Å².